The molecule has 1 saturated carbocycles. The Bertz CT molecular complexity index is 221. The molecule has 2 N–H and O–H groups in total. The normalized spacial score (nSPS) is 18.6. The number of aliphatic hydroxyl groups is 1. The number of rotatable bonds is 7. The zero-order valence-corrected chi connectivity index (χ0v) is 11.1. The SMILES string of the molecule is CCCN(CCO)C(C)C(=O)NC1CCCC1. The van der Waals surface area contributed by atoms with E-state index in [0.29, 0.717) is 12.6 Å². The van der Waals surface area contributed by atoms with Gasteiger partial charge in [0.1, 0.15) is 0 Å². The van der Waals surface area contributed by atoms with Crippen molar-refractivity contribution in [2.75, 3.05) is 19.7 Å². The molecule has 1 unspecified atom stereocenters. The fourth-order valence-electron chi connectivity index (χ4n) is 2.47. The predicted molar refractivity (Wildman–Crippen MR) is 68.8 cm³/mol. The lowest BCUT2D eigenvalue weighted by Crippen LogP contribution is -2.48. The second-order valence-corrected chi connectivity index (χ2v) is 4.93. The first-order valence-corrected chi connectivity index (χ1v) is 6.84. The molecule has 4 nitrogen and oxygen atoms in total. The van der Waals surface area contributed by atoms with E-state index in [-0.39, 0.29) is 18.6 Å². The Morgan fingerprint density at radius 2 is 2.06 bits per heavy atom. The molecule has 0 bridgehead atoms. The summed E-state index contributed by atoms with van der Waals surface area (Å²) in [7, 11) is 0. The van der Waals surface area contributed by atoms with Crippen LogP contribution in [0, 0.1) is 0 Å². The van der Waals surface area contributed by atoms with E-state index in [1.807, 2.05) is 11.8 Å². The highest BCUT2D eigenvalue weighted by atomic mass is 16.3. The Labute approximate surface area is 104 Å². The fourth-order valence-corrected chi connectivity index (χ4v) is 2.47. The van der Waals surface area contributed by atoms with Crippen LogP contribution in [0.25, 0.3) is 0 Å². The van der Waals surface area contributed by atoms with Crippen molar-refractivity contribution in [3.8, 4) is 0 Å². The molecule has 0 aromatic heterocycles. The van der Waals surface area contributed by atoms with E-state index in [9.17, 15) is 4.79 Å². The van der Waals surface area contributed by atoms with E-state index in [1.54, 1.807) is 0 Å². The van der Waals surface area contributed by atoms with Crippen LogP contribution in [-0.2, 0) is 4.79 Å². The minimum Gasteiger partial charge on any atom is -0.395 e. The summed E-state index contributed by atoms with van der Waals surface area (Å²) in [5, 5.41) is 12.1. The summed E-state index contributed by atoms with van der Waals surface area (Å²) in [5.41, 5.74) is 0. The van der Waals surface area contributed by atoms with Crippen LogP contribution >= 0.6 is 0 Å². The Hall–Kier alpha value is -0.610. The highest BCUT2D eigenvalue weighted by molar-refractivity contribution is 5.81. The second-order valence-electron chi connectivity index (χ2n) is 4.93. The molecule has 0 radical (unpaired) electrons. The zero-order chi connectivity index (χ0) is 12.7. The molecule has 4 heteroatoms. The summed E-state index contributed by atoms with van der Waals surface area (Å²) in [5.74, 6) is 0.110. The van der Waals surface area contributed by atoms with Gasteiger partial charge in [0, 0.05) is 12.6 Å². The summed E-state index contributed by atoms with van der Waals surface area (Å²) in [6.07, 6.45) is 5.70. The number of hydrogen-bond donors (Lipinski definition) is 2. The lowest BCUT2D eigenvalue weighted by molar-refractivity contribution is -0.126. The van der Waals surface area contributed by atoms with Crippen molar-refractivity contribution < 1.29 is 9.90 Å². The van der Waals surface area contributed by atoms with Crippen LogP contribution in [0.3, 0.4) is 0 Å². The third-order valence-corrected chi connectivity index (χ3v) is 3.53. The van der Waals surface area contributed by atoms with Crippen molar-refractivity contribution in [1.29, 1.82) is 0 Å². The van der Waals surface area contributed by atoms with Crippen LogP contribution in [0.2, 0.25) is 0 Å². The van der Waals surface area contributed by atoms with Gasteiger partial charge in [-0.15, -0.1) is 0 Å². The quantitative estimate of drug-likeness (QED) is 0.704. The molecule has 0 aromatic carbocycles. The van der Waals surface area contributed by atoms with Gasteiger partial charge < -0.3 is 10.4 Å². The predicted octanol–water partition coefficient (Wildman–Crippen LogP) is 1.14. The summed E-state index contributed by atoms with van der Waals surface area (Å²) >= 11 is 0. The van der Waals surface area contributed by atoms with Gasteiger partial charge in [-0.25, -0.2) is 0 Å². The van der Waals surface area contributed by atoms with Crippen molar-refractivity contribution in [2.45, 2.75) is 58.0 Å². The smallest absolute Gasteiger partial charge is 0.237 e. The third kappa shape index (κ3) is 4.64. The van der Waals surface area contributed by atoms with Gasteiger partial charge in [-0.2, -0.15) is 0 Å². The molecule has 1 aliphatic carbocycles. The monoisotopic (exact) mass is 242 g/mol. The standard InChI is InChI=1S/C13H26N2O2/c1-3-8-15(9-10-16)11(2)13(17)14-12-6-4-5-7-12/h11-12,16H,3-10H2,1-2H3,(H,14,17). The van der Waals surface area contributed by atoms with Gasteiger partial charge in [0.05, 0.1) is 12.6 Å². The van der Waals surface area contributed by atoms with Crippen LogP contribution in [0.1, 0.15) is 46.0 Å². The average molecular weight is 242 g/mol. The molecule has 0 saturated heterocycles. The fraction of sp³-hybridized carbons (Fsp3) is 0.923. The minimum atomic E-state index is -0.136. The van der Waals surface area contributed by atoms with E-state index in [4.69, 9.17) is 5.11 Å². The van der Waals surface area contributed by atoms with Crippen molar-refractivity contribution in [1.82, 2.24) is 10.2 Å². The van der Waals surface area contributed by atoms with Crippen LogP contribution in [0.5, 0.6) is 0 Å². The summed E-state index contributed by atoms with van der Waals surface area (Å²) in [4.78, 5) is 14.1. The van der Waals surface area contributed by atoms with Gasteiger partial charge in [-0.3, -0.25) is 9.69 Å². The zero-order valence-electron chi connectivity index (χ0n) is 11.1. The van der Waals surface area contributed by atoms with E-state index < -0.39 is 0 Å². The molecule has 100 valence electrons. The van der Waals surface area contributed by atoms with Crippen LogP contribution in [-0.4, -0.2) is 47.7 Å². The van der Waals surface area contributed by atoms with Crippen molar-refractivity contribution in [3.05, 3.63) is 0 Å². The highest BCUT2D eigenvalue weighted by Crippen LogP contribution is 2.17. The summed E-state index contributed by atoms with van der Waals surface area (Å²) in [6, 6.07) is 0.241. The van der Waals surface area contributed by atoms with Gasteiger partial charge in [0.2, 0.25) is 5.91 Å². The molecule has 1 rings (SSSR count). The molecule has 0 aliphatic heterocycles. The number of hydrogen-bond acceptors (Lipinski definition) is 3. The van der Waals surface area contributed by atoms with Crippen LogP contribution in [0.15, 0.2) is 0 Å². The number of carbonyl (C=O) groups excluding carboxylic acids is 1. The number of aliphatic hydroxyl groups excluding tert-OH is 1. The van der Waals surface area contributed by atoms with Gasteiger partial charge in [-0.05, 0) is 32.7 Å². The maximum atomic E-state index is 12.1. The second kappa shape index (κ2) is 7.67. The number of nitrogens with one attached hydrogen (secondary N) is 1. The molecule has 1 amide bonds. The Morgan fingerprint density at radius 3 is 2.59 bits per heavy atom. The Morgan fingerprint density at radius 1 is 1.41 bits per heavy atom. The van der Waals surface area contributed by atoms with Gasteiger partial charge in [0.15, 0.2) is 0 Å². The molecule has 1 atom stereocenters. The molecular formula is C13H26N2O2. The number of amides is 1. The van der Waals surface area contributed by atoms with E-state index in [0.717, 1.165) is 25.8 Å². The lowest BCUT2D eigenvalue weighted by atomic mass is 10.2. The van der Waals surface area contributed by atoms with Crippen molar-refractivity contribution in [2.24, 2.45) is 0 Å². The maximum Gasteiger partial charge on any atom is 0.237 e. The largest absolute Gasteiger partial charge is 0.395 e. The summed E-state index contributed by atoms with van der Waals surface area (Å²) in [6.45, 7) is 5.57. The molecule has 0 heterocycles. The first-order chi connectivity index (χ1) is 8.19. The van der Waals surface area contributed by atoms with Gasteiger partial charge in [0.25, 0.3) is 0 Å². The molecule has 0 spiro atoms. The minimum absolute atomic E-state index is 0.110. The molecule has 1 fully saturated rings. The van der Waals surface area contributed by atoms with E-state index >= 15 is 0 Å². The topological polar surface area (TPSA) is 52.6 Å². The number of nitrogens with zero attached hydrogens (tertiary/aromatic N) is 1. The Kier molecular flexibility index (Phi) is 6.52. The number of carbonyl (C=O) groups is 1. The van der Waals surface area contributed by atoms with Crippen molar-refractivity contribution in [3.63, 3.8) is 0 Å². The molecule has 1 aliphatic rings. The van der Waals surface area contributed by atoms with E-state index in [1.165, 1.54) is 12.8 Å². The van der Waals surface area contributed by atoms with E-state index in [2.05, 4.69) is 12.2 Å². The van der Waals surface area contributed by atoms with Crippen LogP contribution in [0.4, 0.5) is 0 Å². The summed E-state index contributed by atoms with van der Waals surface area (Å²) < 4.78 is 0. The molecule has 17 heavy (non-hydrogen) atoms. The highest BCUT2D eigenvalue weighted by Gasteiger charge is 2.24. The van der Waals surface area contributed by atoms with Gasteiger partial charge in [-0.1, -0.05) is 19.8 Å². The molecular weight excluding hydrogens is 216 g/mol. The van der Waals surface area contributed by atoms with Crippen LogP contribution < -0.4 is 5.32 Å². The molecule has 0 aromatic rings. The average Bonchev–Trinajstić information content (AvgIpc) is 2.80. The Balaban J connectivity index is 2.41. The first kappa shape index (κ1) is 14.5. The lowest BCUT2D eigenvalue weighted by Gasteiger charge is -2.28. The van der Waals surface area contributed by atoms with Crippen molar-refractivity contribution >= 4 is 5.91 Å². The maximum absolute atomic E-state index is 12.1. The third-order valence-electron chi connectivity index (χ3n) is 3.53. The van der Waals surface area contributed by atoms with Gasteiger partial charge >= 0.3 is 0 Å². The first-order valence-electron chi connectivity index (χ1n) is 6.84.